The molecular weight excluding hydrogens is 679 g/mol. The summed E-state index contributed by atoms with van der Waals surface area (Å²) in [5, 5.41) is 15.2. The molecule has 248 valence electrons. The standard InChI is InChI=1S/C31H35Cl3N4O7S/c1-5-7-15-35-31(40)26(6-2)36(18-23-24(33)9-8-10-25(23)34)30(39)19-37(28-16-21(32)12-14-29(28)45-4)46(43,44)22-13-11-20(3)27(17-22)38(41)42/h8-14,16-17,26H,5-7,15,18-19H2,1-4H3,(H,35,40). The van der Waals surface area contributed by atoms with E-state index in [0.29, 0.717) is 12.1 Å². The third kappa shape index (κ3) is 8.61. The van der Waals surface area contributed by atoms with Crippen molar-refractivity contribution in [3.8, 4) is 5.75 Å². The third-order valence-corrected chi connectivity index (χ3v) is 9.96. The second kappa shape index (κ2) is 16.3. The van der Waals surface area contributed by atoms with E-state index >= 15 is 0 Å². The van der Waals surface area contributed by atoms with Crippen LogP contribution in [0.5, 0.6) is 5.75 Å². The second-order valence-electron chi connectivity index (χ2n) is 10.3. The molecule has 1 N–H and O–H groups in total. The summed E-state index contributed by atoms with van der Waals surface area (Å²) in [6.07, 6.45) is 1.74. The summed E-state index contributed by atoms with van der Waals surface area (Å²) in [6.45, 7) is 4.51. The summed E-state index contributed by atoms with van der Waals surface area (Å²) in [6, 6.07) is 11.4. The van der Waals surface area contributed by atoms with E-state index in [1.165, 1.54) is 49.3 Å². The number of nitro benzene ring substituents is 1. The highest BCUT2D eigenvalue weighted by molar-refractivity contribution is 7.92. The number of anilines is 1. The van der Waals surface area contributed by atoms with Gasteiger partial charge in [-0.05, 0) is 56.2 Å². The van der Waals surface area contributed by atoms with Crippen LogP contribution in [0.4, 0.5) is 11.4 Å². The number of hydrogen-bond donors (Lipinski definition) is 1. The van der Waals surface area contributed by atoms with Crippen molar-refractivity contribution in [3.05, 3.63) is 90.9 Å². The van der Waals surface area contributed by atoms with Gasteiger partial charge in [0.15, 0.2) is 0 Å². The summed E-state index contributed by atoms with van der Waals surface area (Å²) in [5.74, 6) is -1.15. The lowest BCUT2D eigenvalue weighted by Gasteiger charge is -2.34. The molecule has 3 rings (SSSR count). The Bertz CT molecular complexity index is 1690. The molecule has 3 aromatic rings. The molecule has 0 spiro atoms. The van der Waals surface area contributed by atoms with Crippen LogP contribution >= 0.6 is 34.8 Å². The van der Waals surface area contributed by atoms with Crippen molar-refractivity contribution in [2.45, 2.75) is 57.5 Å². The lowest BCUT2D eigenvalue weighted by atomic mass is 10.1. The number of halogens is 3. The van der Waals surface area contributed by atoms with Gasteiger partial charge in [0.1, 0.15) is 18.3 Å². The predicted octanol–water partition coefficient (Wildman–Crippen LogP) is 6.79. The minimum atomic E-state index is -4.67. The number of hydrogen-bond acceptors (Lipinski definition) is 7. The maximum absolute atomic E-state index is 14.4. The van der Waals surface area contributed by atoms with Crippen LogP contribution < -0.4 is 14.4 Å². The van der Waals surface area contributed by atoms with Crippen molar-refractivity contribution < 1.29 is 27.7 Å². The topological polar surface area (TPSA) is 139 Å². The Morgan fingerprint density at radius 1 is 1.04 bits per heavy atom. The lowest BCUT2D eigenvalue weighted by Crippen LogP contribution is -2.52. The first kappa shape index (κ1) is 36.9. The van der Waals surface area contributed by atoms with Gasteiger partial charge in [0.2, 0.25) is 11.8 Å². The maximum atomic E-state index is 14.4. The Morgan fingerprint density at radius 3 is 2.30 bits per heavy atom. The van der Waals surface area contributed by atoms with Crippen LogP contribution in [0, 0.1) is 17.0 Å². The van der Waals surface area contributed by atoms with E-state index in [2.05, 4.69) is 5.32 Å². The van der Waals surface area contributed by atoms with Gasteiger partial charge in [-0.1, -0.05) is 67.2 Å². The van der Waals surface area contributed by atoms with Gasteiger partial charge in [0.05, 0.1) is 22.6 Å². The van der Waals surface area contributed by atoms with Crippen molar-refractivity contribution in [2.24, 2.45) is 0 Å². The zero-order valence-electron chi connectivity index (χ0n) is 25.8. The van der Waals surface area contributed by atoms with Crippen LogP contribution in [0.1, 0.15) is 44.2 Å². The molecule has 0 aromatic heterocycles. The molecule has 3 aromatic carbocycles. The Morgan fingerprint density at radius 2 is 1.72 bits per heavy atom. The van der Waals surface area contributed by atoms with Crippen LogP contribution in [0.15, 0.2) is 59.5 Å². The number of rotatable bonds is 15. The number of ether oxygens (including phenoxy) is 1. The number of methoxy groups -OCH3 is 1. The molecule has 0 aliphatic heterocycles. The fraction of sp³-hybridized carbons (Fsp3) is 0.355. The van der Waals surface area contributed by atoms with E-state index in [9.17, 15) is 28.1 Å². The Kier molecular flexibility index (Phi) is 13.1. The minimum Gasteiger partial charge on any atom is -0.495 e. The molecule has 1 atom stereocenters. The fourth-order valence-electron chi connectivity index (χ4n) is 4.72. The third-order valence-electron chi connectivity index (χ3n) is 7.26. The molecule has 2 amide bonds. The van der Waals surface area contributed by atoms with Crippen molar-refractivity contribution in [2.75, 3.05) is 24.5 Å². The number of amides is 2. The first-order valence-corrected chi connectivity index (χ1v) is 17.0. The van der Waals surface area contributed by atoms with Crippen LogP contribution in [0.3, 0.4) is 0 Å². The summed E-state index contributed by atoms with van der Waals surface area (Å²) < 4.78 is 34.8. The molecule has 15 heteroatoms. The van der Waals surface area contributed by atoms with Gasteiger partial charge in [-0.25, -0.2) is 8.42 Å². The van der Waals surface area contributed by atoms with E-state index < -0.39 is 49.9 Å². The first-order valence-electron chi connectivity index (χ1n) is 14.4. The van der Waals surface area contributed by atoms with Crippen molar-refractivity contribution in [3.63, 3.8) is 0 Å². The van der Waals surface area contributed by atoms with Crippen molar-refractivity contribution in [1.82, 2.24) is 10.2 Å². The molecule has 1 unspecified atom stereocenters. The Labute approximate surface area is 283 Å². The highest BCUT2D eigenvalue weighted by Gasteiger charge is 2.36. The van der Waals surface area contributed by atoms with Crippen LogP contribution in [0.25, 0.3) is 0 Å². The van der Waals surface area contributed by atoms with Crippen LogP contribution in [-0.2, 0) is 26.2 Å². The largest absolute Gasteiger partial charge is 0.495 e. The van der Waals surface area contributed by atoms with Gasteiger partial charge in [0.25, 0.3) is 15.7 Å². The molecule has 0 saturated heterocycles. The van der Waals surface area contributed by atoms with E-state index in [1.807, 2.05) is 6.92 Å². The number of carbonyl (C=O) groups excluding carboxylic acids is 2. The van der Waals surface area contributed by atoms with E-state index in [4.69, 9.17) is 39.5 Å². The van der Waals surface area contributed by atoms with Crippen molar-refractivity contribution in [1.29, 1.82) is 0 Å². The second-order valence-corrected chi connectivity index (χ2v) is 13.4. The average molecular weight is 714 g/mol. The Hall–Kier alpha value is -3.58. The summed E-state index contributed by atoms with van der Waals surface area (Å²) in [7, 11) is -3.36. The zero-order chi connectivity index (χ0) is 34.2. The van der Waals surface area contributed by atoms with Gasteiger partial charge in [-0.15, -0.1) is 0 Å². The van der Waals surface area contributed by atoms with Crippen LogP contribution in [0.2, 0.25) is 15.1 Å². The summed E-state index contributed by atoms with van der Waals surface area (Å²) >= 11 is 19.2. The molecule has 0 radical (unpaired) electrons. The molecule has 0 fully saturated rings. The molecule has 0 heterocycles. The summed E-state index contributed by atoms with van der Waals surface area (Å²) in [4.78, 5) is 39.5. The molecule has 46 heavy (non-hydrogen) atoms. The number of nitrogens with zero attached hydrogens (tertiary/aromatic N) is 3. The minimum absolute atomic E-state index is 0.0624. The number of unbranched alkanes of at least 4 members (excludes halogenated alkanes) is 1. The highest BCUT2D eigenvalue weighted by atomic mass is 35.5. The predicted molar refractivity (Wildman–Crippen MR) is 179 cm³/mol. The number of carbonyl (C=O) groups is 2. The van der Waals surface area contributed by atoms with Gasteiger partial charge in [0, 0.05) is 45.4 Å². The van der Waals surface area contributed by atoms with Gasteiger partial charge >= 0.3 is 0 Å². The number of benzene rings is 3. The van der Waals surface area contributed by atoms with E-state index in [-0.39, 0.29) is 45.0 Å². The Balaban J connectivity index is 2.20. The normalized spacial score (nSPS) is 11.9. The average Bonchev–Trinajstić information content (AvgIpc) is 3.01. The lowest BCUT2D eigenvalue weighted by molar-refractivity contribution is -0.385. The summed E-state index contributed by atoms with van der Waals surface area (Å²) in [5.41, 5.74) is 0.0930. The first-order chi connectivity index (χ1) is 21.8. The highest BCUT2D eigenvalue weighted by Crippen LogP contribution is 2.36. The van der Waals surface area contributed by atoms with Crippen LogP contribution in [-0.4, -0.2) is 56.3 Å². The van der Waals surface area contributed by atoms with E-state index in [0.717, 1.165) is 23.2 Å². The SMILES string of the molecule is CCCCNC(=O)C(CC)N(Cc1c(Cl)cccc1Cl)C(=O)CN(c1cc(Cl)ccc1OC)S(=O)(=O)c1ccc(C)c([N+](=O)[O-])c1. The van der Waals surface area contributed by atoms with Gasteiger partial charge in [-0.2, -0.15) is 0 Å². The monoisotopic (exact) mass is 712 g/mol. The number of aryl methyl sites for hydroxylation is 1. The molecule has 0 saturated carbocycles. The quantitative estimate of drug-likeness (QED) is 0.104. The number of sulfonamides is 1. The number of nitro groups is 1. The fourth-order valence-corrected chi connectivity index (χ4v) is 6.84. The van der Waals surface area contributed by atoms with Crippen molar-refractivity contribution >= 4 is 68.0 Å². The maximum Gasteiger partial charge on any atom is 0.273 e. The van der Waals surface area contributed by atoms with Gasteiger partial charge in [-0.3, -0.25) is 24.0 Å². The molecule has 11 nitrogen and oxygen atoms in total. The molecular formula is C31H35Cl3N4O7S. The zero-order valence-corrected chi connectivity index (χ0v) is 28.8. The van der Waals surface area contributed by atoms with E-state index in [1.54, 1.807) is 25.1 Å². The van der Waals surface area contributed by atoms with Gasteiger partial charge < -0.3 is 15.0 Å². The molecule has 0 aliphatic carbocycles. The smallest absolute Gasteiger partial charge is 0.273 e. The molecule has 0 aliphatic rings. The number of nitrogens with one attached hydrogen (secondary N) is 1. The molecule has 0 bridgehead atoms.